The van der Waals surface area contributed by atoms with Crippen molar-refractivity contribution >= 4 is 10.0 Å². The zero-order chi connectivity index (χ0) is 14.0. The molecule has 0 aliphatic carbocycles. The second-order valence-corrected chi connectivity index (χ2v) is 5.98. The van der Waals surface area contributed by atoms with Crippen molar-refractivity contribution in [3.8, 4) is 0 Å². The van der Waals surface area contributed by atoms with Crippen molar-refractivity contribution in [2.24, 2.45) is 5.73 Å². The van der Waals surface area contributed by atoms with Crippen LogP contribution in [0.25, 0.3) is 0 Å². The summed E-state index contributed by atoms with van der Waals surface area (Å²) in [6.45, 7) is 3.53. The first kappa shape index (κ1) is 15.0. The molecule has 0 heterocycles. The summed E-state index contributed by atoms with van der Waals surface area (Å²) in [7, 11) is -3.92. The highest BCUT2D eigenvalue weighted by Gasteiger charge is 2.28. The van der Waals surface area contributed by atoms with Gasteiger partial charge in [-0.3, -0.25) is 0 Å². The van der Waals surface area contributed by atoms with E-state index in [0.29, 0.717) is 12.5 Å². The van der Waals surface area contributed by atoms with Gasteiger partial charge >= 0.3 is 0 Å². The first-order valence-electron chi connectivity index (χ1n) is 5.43. The Labute approximate surface area is 105 Å². The Morgan fingerprint density at radius 1 is 1.33 bits per heavy atom. The predicted octanol–water partition coefficient (Wildman–Crippen LogP) is 1.37. The van der Waals surface area contributed by atoms with Crippen molar-refractivity contribution in [2.75, 3.05) is 6.54 Å². The van der Waals surface area contributed by atoms with Crippen LogP contribution in [0.5, 0.6) is 0 Å². The van der Waals surface area contributed by atoms with Crippen molar-refractivity contribution < 1.29 is 17.2 Å². The van der Waals surface area contributed by atoms with Crippen molar-refractivity contribution in [2.45, 2.75) is 30.7 Å². The van der Waals surface area contributed by atoms with Gasteiger partial charge in [-0.2, -0.15) is 0 Å². The van der Waals surface area contributed by atoms with Gasteiger partial charge in [0.1, 0.15) is 0 Å². The highest BCUT2D eigenvalue weighted by molar-refractivity contribution is 7.89. The third kappa shape index (κ3) is 3.24. The van der Waals surface area contributed by atoms with E-state index in [2.05, 4.69) is 4.72 Å². The van der Waals surface area contributed by atoms with E-state index in [9.17, 15) is 17.2 Å². The van der Waals surface area contributed by atoms with Gasteiger partial charge in [-0.05, 0) is 31.5 Å². The average Bonchev–Trinajstić information content (AvgIpc) is 2.32. The van der Waals surface area contributed by atoms with E-state index in [1.165, 1.54) is 0 Å². The highest BCUT2D eigenvalue weighted by atomic mass is 32.2. The Balaban J connectivity index is 3.10. The van der Waals surface area contributed by atoms with Crippen LogP contribution >= 0.6 is 0 Å². The molecular formula is C11H16F2N2O2S. The lowest BCUT2D eigenvalue weighted by molar-refractivity contribution is 0.411. The summed E-state index contributed by atoms with van der Waals surface area (Å²) in [5, 5.41) is 0. The van der Waals surface area contributed by atoms with Crippen molar-refractivity contribution in [3.63, 3.8) is 0 Å². The van der Waals surface area contributed by atoms with Gasteiger partial charge in [0, 0.05) is 12.1 Å². The molecule has 0 saturated carbocycles. The molecule has 0 aliphatic heterocycles. The number of nitrogens with one attached hydrogen (secondary N) is 1. The molecule has 0 saturated heterocycles. The second-order valence-electron chi connectivity index (χ2n) is 4.30. The number of benzene rings is 1. The van der Waals surface area contributed by atoms with Crippen LogP contribution in [0.4, 0.5) is 8.78 Å². The smallest absolute Gasteiger partial charge is 0.241 e. The second kappa shape index (κ2) is 5.29. The van der Waals surface area contributed by atoms with Gasteiger partial charge < -0.3 is 5.73 Å². The Hall–Kier alpha value is -1.05. The minimum absolute atomic E-state index is 0.104. The maximum atomic E-state index is 13.0. The minimum Gasteiger partial charge on any atom is -0.329 e. The third-order valence-corrected chi connectivity index (χ3v) is 4.45. The molecule has 0 amide bonds. The van der Waals surface area contributed by atoms with Crippen LogP contribution in [0, 0.1) is 11.6 Å². The van der Waals surface area contributed by atoms with Gasteiger partial charge in [0.05, 0.1) is 4.90 Å². The summed E-state index contributed by atoms with van der Waals surface area (Å²) in [5.74, 6) is -2.30. The summed E-state index contributed by atoms with van der Waals surface area (Å²) in [4.78, 5) is -0.325. The van der Waals surface area contributed by atoms with Gasteiger partial charge in [-0.1, -0.05) is 6.92 Å². The number of halogens is 2. The molecular weight excluding hydrogens is 262 g/mol. The molecule has 0 spiro atoms. The summed E-state index contributed by atoms with van der Waals surface area (Å²) >= 11 is 0. The molecule has 3 N–H and O–H groups in total. The largest absolute Gasteiger partial charge is 0.329 e. The van der Waals surface area contributed by atoms with Crippen molar-refractivity contribution in [1.82, 2.24) is 4.72 Å². The molecule has 7 heteroatoms. The maximum absolute atomic E-state index is 13.0. The van der Waals surface area contributed by atoms with E-state index in [0.717, 1.165) is 12.1 Å². The first-order valence-corrected chi connectivity index (χ1v) is 6.91. The molecule has 1 unspecified atom stereocenters. The van der Waals surface area contributed by atoms with E-state index < -0.39 is 27.2 Å². The monoisotopic (exact) mass is 278 g/mol. The van der Waals surface area contributed by atoms with E-state index in [1.807, 2.05) is 0 Å². The zero-order valence-corrected chi connectivity index (χ0v) is 11.0. The summed E-state index contributed by atoms with van der Waals surface area (Å²) < 4.78 is 52.1. The number of nitrogens with two attached hydrogens (primary N) is 1. The van der Waals surface area contributed by atoms with E-state index in [1.54, 1.807) is 13.8 Å². The van der Waals surface area contributed by atoms with Crippen LogP contribution in [-0.2, 0) is 10.0 Å². The topological polar surface area (TPSA) is 72.2 Å². The SMILES string of the molecule is CCC(C)(CN)NS(=O)(=O)c1ccc(F)c(F)c1. The molecule has 1 aromatic carbocycles. The van der Waals surface area contributed by atoms with Crippen molar-refractivity contribution in [3.05, 3.63) is 29.8 Å². The zero-order valence-electron chi connectivity index (χ0n) is 10.2. The van der Waals surface area contributed by atoms with Crippen LogP contribution in [0.1, 0.15) is 20.3 Å². The fourth-order valence-corrected chi connectivity index (χ4v) is 2.79. The normalized spacial score (nSPS) is 15.4. The molecule has 102 valence electrons. The number of sulfonamides is 1. The van der Waals surface area contributed by atoms with Crippen LogP contribution in [0.3, 0.4) is 0 Å². The summed E-state index contributed by atoms with van der Waals surface area (Å²) in [6, 6.07) is 2.42. The molecule has 0 fully saturated rings. The van der Waals surface area contributed by atoms with Gasteiger partial charge in [0.15, 0.2) is 11.6 Å². The fourth-order valence-electron chi connectivity index (χ4n) is 1.29. The Morgan fingerprint density at radius 3 is 2.39 bits per heavy atom. The molecule has 18 heavy (non-hydrogen) atoms. The van der Waals surface area contributed by atoms with Crippen LogP contribution in [0.15, 0.2) is 23.1 Å². The number of hydrogen-bond acceptors (Lipinski definition) is 3. The lowest BCUT2D eigenvalue weighted by Gasteiger charge is -2.27. The summed E-state index contributed by atoms with van der Waals surface area (Å²) in [6.07, 6.45) is 0.479. The molecule has 1 rings (SSSR count). The Kier molecular flexibility index (Phi) is 4.41. The predicted molar refractivity (Wildman–Crippen MR) is 64.4 cm³/mol. The quantitative estimate of drug-likeness (QED) is 0.854. The average molecular weight is 278 g/mol. The fraction of sp³-hybridized carbons (Fsp3) is 0.455. The van der Waals surface area contributed by atoms with Gasteiger partial charge in [-0.15, -0.1) is 0 Å². The molecule has 0 bridgehead atoms. The molecule has 4 nitrogen and oxygen atoms in total. The maximum Gasteiger partial charge on any atom is 0.241 e. The minimum atomic E-state index is -3.92. The van der Waals surface area contributed by atoms with Crippen LogP contribution < -0.4 is 10.5 Å². The molecule has 1 aromatic rings. The standard InChI is InChI=1S/C11H16F2N2O2S/c1-3-11(2,7-14)15-18(16,17)8-4-5-9(12)10(13)6-8/h4-6,15H,3,7,14H2,1-2H3. The van der Waals surface area contributed by atoms with E-state index in [-0.39, 0.29) is 11.4 Å². The summed E-state index contributed by atoms with van der Waals surface area (Å²) in [5.41, 5.74) is 4.68. The molecule has 0 aromatic heterocycles. The van der Waals surface area contributed by atoms with E-state index in [4.69, 9.17) is 5.73 Å². The lowest BCUT2D eigenvalue weighted by Crippen LogP contribution is -2.50. The number of rotatable bonds is 5. The Bertz CT molecular complexity index is 528. The first-order chi connectivity index (χ1) is 8.24. The van der Waals surface area contributed by atoms with Gasteiger partial charge in [-0.25, -0.2) is 21.9 Å². The van der Waals surface area contributed by atoms with E-state index >= 15 is 0 Å². The van der Waals surface area contributed by atoms with Gasteiger partial charge in [0.25, 0.3) is 0 Å². The number of hydrogen-bond donors (Lipinski definition) is 2. The molecule has 0 aliphatic rings. The van der Waals surface area contributed by atoms with Crippen molar-refractivity contribution in [1.29, 1.82) is 0 Å². The molecule has 1 atom stereocenters. The Morgan fingerprint density at radius 2 is 1.94 bits per heavy atom. The highest BCUT2D eigenvalue weighted by Crippen LogP contribution is 2.17. The van der Waals surface area contributed by atoms with Gasteiger partial charge in [0.2, 0.25) is 10.0 Å². The lowest BCUT2D eigenvalue weighted by atomic mass is 10.0. The van der Waals surface area contributed by atoms with Crippen LogP contribution in [0.2, 0.25) is 0 Å². The molecule has 0 radical (unpaired) electrons. The van der Waals surface area contributed by atoms with Crippen LogP contribution in [-0.4, -0.2) is 20.5 Å². The third-order valence-electron chi connectivity index (χ3n) is 2.81.